The summed E-state index contributed by atoms with van der Waals surface area (Å²) in [7, 11) is 0. The molecule has 0 amide bonds. The van der Waals surface area contributed by atoms with Crippen molar-refractivity contribution in [1.29, 1.82) is 0 Å². The Morgan fingerprint density at radius 3 is 1.85 bits per heavy atom. The standard InChI is InChI=1S/C34H48/c1-3-5-6-7-8-10-28-13-17-30(18-14-28)32-21-25-34(26-22-32)33-23-19-31(20-24-33)29-15-11-27(9-4-2)12-16-29/h15,19-28,30H,3-14,16-18H2,1-2H3. The predicted octanol–water partition coefficient (Wildman–Crippen LogP) is 11.0. The molecule has 2 aromatic carbocycles. The molecule has 0 heterocycles. The van der Waals surface area contributed by atoms with Gasteiger partial charge < -0.3 is 0 Å². The van der Waals surface area contributed by atoms with Crippen LogP contribution in [0.3, 0.4) is 0 Å². The summed E-state index contributed by atoms with van der Waals surface area (Å²) in [5, 5.41) is 0. The van der Waals surface area contributed by atoms with Gasteiger partial charge in [0, 0.05) is 0 Å². The van der Waals surface area contributed by atoms with Gasteiger partial charge in [-0.3, -0.25) is 0 Å². The lowest BCUT2D eigenvalue weighted by Crippen LogP contribution is -2.13. The van der Waals surface area contributed by atoms with Crippen molar-refractivity contribution in [1.82, 2.24) is 0 Å². The summed E-state index contributed by atoms with van der Waals surface area (Å²) in [6.45, 7) is 4.62. The fraction of sp³-hybridized carbons (Fsp3) is 0.588. The van der Waals surface area contributed by atoms with Gasteiger partial charge in [0.1, 0.15) is 0 Å². The number of benzene rings is 2. The molecule has 0 nitrogen and oxygen atoms in total. The minimum absolute atomic E-state index is 0.780. The molecule has 0 radical (unpaired) electrons. The Morgan fingerprint density at radius 1 is 0.588 bits per heavy atom. The van der Waals surface area contributed by atoms with Crippen LogP contribution in [0.5, 0.6) is 0 Å². The molecule has 1 unspecified atom stereocenters. The second-order valence-electron chi connectivity index (χ2n) is 11.3. The van der Waals surface area contributed by atoms with E-state index in [0.29, 0.717) is 0 Å². The van der Waals surface area contributed by atoms with E-state index >= 15 is 0 Å². The van der Waals surface area contributed by atoms with Crippen LogP contribution in [0.15, 0.2) is 54.6 Å². The average Bonchev–Trinajstić information content (AvgIpc) is 2.90. The van der Waals surface area contributed by atoms with Crippen LogP contribution < -0.4 is 0 Å². The highest BCUT2D eigenvalue weighted by Gasteiger charge is 2.22. The minimum atomic E-state index is 0.780. The molecule has 0 spiro atoms. The van der Waals surface area contributed by atoms with Crippen molar-refractivity contribution in [2.75, 3.05) is 0 Å². The van der Waals surface area contributed by atoms with Gasteiger partial charge in [-0.2, -0.15) is 0 Å². The maximum atomic E-state index is 2.51. The first-order valence-electron chi connectivity index (χ1n) is 14.7. The Balaban J connectivity index is 1.26. The van der Waals surface area contributed by atoms with Gasteiger partial charge in [-0.15, -0.1) is 0 Å². The molecule has 0 bridgehead atoms. The van der Waals surface area contributed by atoms with Crippen LogP contribution in [-0.4, -0.2) is 0 Å². The fourth-order valence-corrected chi connectivity index (χ4v) is 6.47. The predicted molar refractivity (Wildman–Crippen MR) is 150 cm³/mol. The fourth-order valence-electron chi connectivity index (χ4n) is 6.47. The second kappa shape index (κ2) is 13.3. The van der Waals surface area contributed by atoms with Crippen molar-refractivity contribution in [2.24, 2.45) is 11.8 Å². The highest BCUT2D eigenvalue weighted by molar-refractivity contribution is 5.71. The summed E-state index contributed by atoms with van der Waals surface area (Å²) >= 11 is 0. The summed E-state index contributed by atoms with van der Waals surface area (Å²) in [6.07, 6.45) is 23.4. The first-order chi connectivity index (χ1) is 16.8. The highest BCUT2D eigenvalue weighted by Crippen LogP contribution is 2.38. The van der Waals surface area contributed by atoms with E-state index in [9.17, 15) is 0 Å². The van der Waals surface area contributed by atoms with Crippen molar-refractivity contribution in [3.05, 3.63) is 65.7 Å². The SMILES string of the molecule is CCCCCCCC1CCC(c2ccc(-c3ccc(C4=CCC(CCC)CC4)cc3)cc2)CC1. The maximum Gasteiger partial charge on any atom is -0.0162 e. The van der Waals surface area contributed by atoms with Gasteiger partial charge in [-0.25, -0.2) is 0 Å². The third-order valence-corrected chi connectivity index (χ3v) is 8.75. The first-order valence-corrected chi connectivity index (χ1v) is 14.7. The molecule has 0 aliphatic heterocycles. The molecule has 1 atom stereocenters. The monoisotopic (exact) mass is 456 g/mol. The van der Waals surface area contributed by atoms with Crippen LogP contribution in [0.1, 0.15) is 127 Å². The quantitative estimate of drug-likeness (QED) is 0.295. The molecule has 184 valence electrons. The van der Waals surface area contributed by atoms with E-state index in [4.69, 9.17) is 0 Å². The van der Waals surface area contributed by atoms with Gasteiger partial charge in [0.25, 0.3) is 0 Å². The number of hydrogen-bond donors (Lipinski definition) is 0. The number of allylic oxidation sites excluding steroid dienone is 2. The van der Waals surface area contributed by atoms with Gasteiger partial charge in [0.05, 0.1) is 0 Å². The van der Waals surface area contributed by atoms with E-state index in [2.05, 4.69) is 68.5 Å². The number of unbranched alkanes of at least 4 members (excludes halogenated alkanes) is 4. The summed E-state index contributed by atoms with van der Waals surface area (Å²) in [6, 6.07) is 18.9. The third-order valence-electron chi connectivity index (χ3n) is 8.75. The largest absolute Gasteiger partial charge is 0.0804 e. The molecular weight excluding hydrogens is 408 g/mol. The maximum absolute atomic E-state index is 2.51. The van der Waals surface area contributed by atoms with Crippen molar-refractivity contribution in [3.8, 4) is 11.1 Å². The second-order valence-corrected chi connectivity index (χ2v) is 11.3. The zero-order valence-corrected chi connectivity index (χ0v) is 22.0. The lowest BCUT2D eigenvalue weighted by atomic mass is 9.77. The van der Waals surface area contributed by atoms with E-state index in [1.807, 2.05) is 0 Å². The van der Waals surface area contributed by atoms with Crippen molar-refractivity contribution < 1.29 is 0 Å². The average molecular weight is 457 g/mol. The van der Waals surface area contributed by atoms with E-state index in [1.165, 1.54) is 113 Å². The summed E-state index contributed by atoms with van der Waals surface area (Å²) in [5.74, 6) is 2.69. The smallest absolute Gasteiger partial charge is 0.0162 e. The summed E-state index contributed by atoms with van der Waals surface area (Å²) in [4.78, 5) is 0. The normalized spacial score (nSPS) is 23.0. The molecule has 0 saturated heterocycles. The Morgan fingerprint density at radius 2 is 1.24 bits per heavy atom. The Bertz CT molecular complexity index is 861. The van der Waals surface area contributed by atoms with Crippen LogP contribution in [-0.2, 0) is 0 Å². The number of rotatable bonds is 11. The molecule has 34 heavy (non-hydrogen) atoms. The molecule has 4 rings (SSSR count). The van der Waals surface area contributed by atoms with Gasteiger partial charge in [0.2, 0.25) is 0 Å². The summed E-state index contributed by atoms with van der Waals surface area (Å²) < 4.78 is 0. The third kappa shape index (κ3) is 7.10. The van der Waals surface area contributed by atoms with Crippen molar-refractivity contribution in [3.63, 3.8) is 0 Å². The first kappa shape index (κ1) is 25.3. The van der Waals surface area contributed by atoms with Crippen molar-refractivity contribution >= 4 is 5.57 Å². The van der Waals surface area contributed by atoms with Crippen molar-refractivity contribution in [2.45, 2.75) is 116 Å². The zero-order chi connectivity index (χ0) is 23.6. The van der Waals surface area contributed by atoms with E-state index in [-0.39, 0.29) is 0 Å². The molecule has 0 aromatic heterocycles. The van der Waals surface area contributed by atoms with Gasteiger partial charge >= 0.3 is 0 Å². The molecule has 1 saturated carbocycles. The van der Waals surface area contributed by atoms with Gasteiger partial charge in [-0.1, -0.05) is 120 Å². The van der Waals surface area contributed by atoms with Gasteiger partial charge in [-0.05, 0) is 90.5 Å². The van der Waals surface area contributed by atoms with Crippen LogP contribution >= 0.6 is 0 Å². The molecule has 2 aromatic rings. The number of hydrogen-bond acceptors (Lipinski definition) is 0. The Labute approximate surface area is 210 Å². The zero-order valence-electron chi connectivity index (χ0n) is 22.0. The lowest BCUT2D eigenvalue weighted by Gasteiger charge is -2.29. The molecule has 0 heteroatoms. The molecule has 0 N–H and O–H groups in total. The topological polar surface area (TPSA) is 0 Å². The minimum Gasteiger partial charge on any atom is -0.0804 e. The van der Waals surface area contributed by atoms with Crippen LogP contribution in [0.2, 0.25) is 0 Å². The Kier molecular flexibility index (Phi) is 9.90. The van der Waals surface area contributed by atoms with E-state index in [1.54, 1.807) is 11.1 Å². The van der Waals surface area contributed by atoms with Gasteiger partial charge in [0.15, 0.2) is 0 Å². The molecule has 2 aliphatic rings. The van der Waals surface area contributed by atoms with Crippen LogP contribution in [0.25, 0.3) is 16.7 Å². The summed E-state index contributed by atoms with van der Waals surface area (Å²) in [5.41, 5.74) is 7.26. The van der Waals surface area contributed by atoms with Crippen LogP contribution in [0.4, 0.5) is 0 Å². The Hall–Kier alpha value is -1.82. The molecule has 1 fully saturated rings. The lowest BCUT2D eigenvalue weighted by molar-refractivity contribution is 0.302. The van der Waals surface area contributed by atoms with Crippen LogP contribution in [0, 0.1) is 11.8 Å². The molecule has 2 aliphatic carbocycles. The highest BCUT2D eigenvalue weighted by atomic mass is 14.3. The van der Waals surface area contributed by atoms with E-state index < -0.39 is 0 Å². The molecular formula is C34H48. The van der Waals surface area contributed by atoms with E-state index in [0.717, 1.165) is 17.8 Å².